The molecule has 0 radical (unpaired) electrons. The molecule has 0 unspecified atom stereocenters. The van der Waals surface area contributed by atoms with Crippen molar-refractivity contribution >= 4 is 11.7 Å². The summed E-state index contributed by atoms with van der Waals surface area (Å²) in [6.07, 6.45) is 0.831. The summed E-state index contributed by atoms with van der Waals surface area (Å²) in [6.45, 7) is 2.46. The van der Waals surface area contributed by atoms with Crippen molar-refractivity contribution in [2.45, 2.75) is 19.9 Å². The van der Waals surface area contributed by atoms with Gasteiger partial charge in [-0.05, 0) is 12.5 Å². The van der Waals surface area contributed by atoms with E-state index < -0.39 is 5.82 Å². The number of oxime groups is 1. The van der Waals surface area contributed by atoms with Crippen LogP contribution in [0.15, 0.2) is 23.4 Å². The number of hydrogen-bond donors (Lipinski definition) is 3. The molecule has 0 aromatic heterocycles. The second kappa shape index (κ2) is 8.11. The fourth-order valence-electron chi connectivity index (χ4n) is 1.46. The number of halogens is 1. The van der Waals surface area contributed by atoms with Gasteiger partial charge in [0.1, 0.15) is 12.4 Å². The molecule has 1 amide bonds. The minimum absolute atomic E-state index is 0.0440. The molecule has 0 atom stereocenters. The molecule has 0 spiro atoms. The zero-order chi connectivity index (χ0) is 15.0. The summed E-state index contributed by atoms with van der Waals surface area (Å²) in [6, 6.07) is 4.12. The van der Waals surface area contributed by atoms with Crippen LogP contribution in [-0.4, -0.2) is 30.2 Å². The summed E-state index contributed by atoms with van der Waals surface area (Å²) in [5.74, 6) is -1.02. The lowest BCUT2D eigenvalue weighted by Gasteiger charge is -2.08. The highest BCUT2D eigenvalue weighted by Crippen LogP contribution is 2.10. The van der Waals surface area contributed by atoms with E-state index in [1.807, 2.05) is 6.92 Å². The highest BCUT2D eigenvalue weighted by molar-refractivity contribution is 5.97. The number of nitrogens with one attached hydrogen (secondary N) is 1. The molecule has 7 heteroatoms. The maximum atomic E-state index is 13.7. The van der Waals surface area contributed by atoms with Gasteiger partial charge in [0, 0.05) is 24.3 Å². The van der Waals surface area contributed by atoms with Gasteiger partial charge in [-0.2, -0.15) is 0 Å². The molecule has 6 nitrogen and oxygen atoms in total. The van der Waals surface area contributed by atoms with Crippen molar-refractivity contribution in [1.29, 1.82) is 0 Å². The van der Waals surface area contributed by atoms with Gasteiger partial charge in [-0.1, -0.05) is 24.2 Å². The minimum atomic E-state index is -0.538. The Morgan fingerprint density at radius 2 is 2.30 bits per heavy atom. The molecule has 1 rings (SSSR count). The molecule has 0 bridgehead atoms. The third-order valence-corrected chi connectivity index (χ3v) is 2.51. The number of carbonyl (C=O) groups is 1. The SMILES string of the molecule is CCCOCC(=O)NCc1ccc(/C(N)=N/O)cc1F. The molecule has 110 valence electrons. The molecule has 0 aliphatic rings. The van der Waals surface area contributed by atoms with Crippen LogP contribution in [0.4, 0.5) is 4.39 Å². The predicted molar refractivity (Wildman–Crippen MR) is 71.9 cm³/mol. The Morgan fingerprint density at radius 3 is 2.90 bits per heavy atom. The van der Waals surface area contributed by atoms with E-state index in [1.54, 1.807) is 0 Å². The van der Waals surface area contributed by atoms with Gasteiger partial charge in [-0.15, -0.1) is 0 Å². The zero-order valence-corrected chi connectivity index (χ0v) is 11.2. The monoisotopic (exact) mass is 283 g/mol. The van der Waals surface area contributed by atoms with Gasteiger partial charge < -0.3 is 21.0 Å². The van der Waals surface area contributed by atoms with Crippen molar-refractivity contribution in [2.24, 2.45) is 10.9 Å². The normalized spacial score (nSPS) is 11.4. The highest BCUT2D eigenvalue weighted by atomic mass is 19.1. The molecule has 0 fully saturated rings. The highest BCUT2D eigenvalue weighted by Gasteiger charge is 2.08. The first-order valence-electron chi connectivity index (χ1n) is 6.19. The first-order chi connectivity index (χ1) is 9.58. The van der Waals surface area contributed by atoms with Gasteiger partial charge in [-0.3, -0.25) is 4.79 Å². The molecule has 0 saturated carbocycles. The first kappa shape index (κ1) is 15.9. The van der Waals surface area contributed by atoms with Gasteiger partial charge in [0.25, 0.3) is 0 Å². The number of hydrogen-bond acceptors (Lipinski definition) is 4. The third kappa shape index (κ3) is 4.85. The van der Waals surface area contributed by atoms with Gasteiger partial charge >= 0.3 is 0 Å². The van der Waals surface area contributed by atoms with Crippen LogP contribution in [0.3, 0.4) is 0 Å². The first-order valence-corrected chi connectivity index (χ1v) is 6.19. The Morgan fingerprint density at radius 1 is 1.55 bits per heavy atom. The van der Waals surface area contributed by atoms with E-state index in [0.717, 1.165) is 12.5 Å². The average Bonchev–Trinajstić information content (AvgIpc) is 2.45. The van der Waals surface area contributed by atoms with Crippen LogP contribution in [0.1, 0.15) is 24.5 Å². The van der Waals surface area contributed by atoms with E-state index >= 15 is 0 Å². The fraction of sp³-hybridized carbons (Fsp3) is 0.385. The number of rotatable bonds is 7. The quantitative estimate of drug-likeness (QED) is 0.228. The van der Waals surface area contributed by atoms with Crippen LogP contribution < -0.4 is 11.1 Å². The maximum Gasteiger partial charge on any atom is 0.246 e. The van der Waals surface area contributed by atoms with E-state index in [2.05, 4.69) is 10.5 Å². The van der Waals surface area contributed by atoms with Crippen molar-refractivity contribution in [2.75, 3.05) is 13.2 Å². The number of nitrogens with two attached hydrogens (primary N) is 1. The lowest BCUT2D eigenvalue weighted by atomic mass is 10.1. The van der Waals surface area contributed by atoms with E-state index in [-0.39, 0.29) is 30.5 Å². The van der Waals surface area contributed by atoms with Crippen molar-refractivity contribution in [3.8, 4) is 0 Å². The summed E-state index contributed by atoms with van der Waals surface area (Å²) >= 11 is 0. The van der Waals surface area contributed by atoms with Crippen molar-refractivity contribution in [3.05, 3.63) is 35.1 Å². The molecule has 1 aromatic rings. The number of amides is 1. The Balaban J connectivity index is 2.54. The molecule has 0 aliphatic heterocycles. The summed E-state index contributed by atoms with van der Waals surface area (Å²) in [5.41, 5.74) is 5.93. The Hall–Kier alpha value is -2.15. The number of amidine groups is 1. The molecular weight excluding hydrogens is 265 g/mol. The summed E-state index contributed by atoms with van der Waals surface area (Å²) in [4.78, 5) is 11.4. The zero-order valence-electron chi connectivity index (χ0n) is 11.2. The largest absolute Gasteiger partial charge is 0.409 e. The molecule has 20 heavy (non-hydrogen) atoms. The summed E-state index contributed by atoms with van der Waals surface area (Å²) in [5, 5.41) is 13.8. The smallest absolute Gasteiger partial charge is 0.246 e. The van der Waals surface area contributed by atoms with Gasteiger partial charge in [-0.25, -0.2) is 4.39 Å². The van der Waals surface area contributed by atoms with E-state index in [4.69, 9.17) is 15.7 Å². The number of ether oxygens (including phenoxy) is 1. The van der Waals surface area contributed by atoms with E-state index in [1.165, 1.54) is 12.1 Å². The molecule has 0 saturated heterocycles. The summed E-state index contributed by atoms with van der Waals surface area (Å²) < 4.78 is 18.8. The molecule has 4 N–H and O–H groups in total. The third-order valence-electron chi connectivity index (χ3n) is 2.51. The Labute approximate surface area is 116 Å². The van der Waals surface area contributed by atoms with Crippen LogP contribution in [0, 0.1) is 5.82 Å². The van der Waals surface area contributed by atoms with E-state index in [0.29, 0.717) is 12.2 Å². The van der Waals surface area contributed by atoms with E-state index in [9.17, 15) is 9.18 Å². The average molecular weight is 283 g/mol. The van der Waals surface area contributed by atoms with Crippen molar-refractivity contribution in [1.82, 2.24) is 5.32 Å². The lowest BCUT2D eigenvalue weighted by Crippen LogP contribution is -2.27. The second-order valence-electron chi connectivity index (χ2n) is 4.12. The van der Waals surface area contributed by atoms with Crippen LogP contribution in [0.2, 0.25) is 0 Å². The number of benzene rings is 1. The van der Waals surface area contributed by atoms with Crippen LogP contribution in [-0.2, 0) is 16.1 Å². The summed E-state index contributed by atoms with van der Waals surface area (Å²) in [7, 11) is 0. The van der Waals surface area contributed by atoms with Crippen molar-refractivity contribution < 1.29 is 19.1 Å². The predicted octanol–water partition coefficient (Wildman–Crippen LogP) is 0.963. The van der Waals surface area contributed by atoms with Gasteiger partial charge in [0.2, 0.25) is 5.91 Å². The van der Waals surface area contributed by atoms with Gasteiger partial charge in [0.15, 0.2) is 5.84 Å². The lowest BCUT2D eigenvalue weighted by molar-refractivity contribution is -0.125. The Bertz CT molecular complexity index is 492. The number of carbonyl (C=O) groups excluding carboxylic acids is 1. The fourth-order valence-corrected chi connectivity index (χ4v) is 1.46. The van der Waals surface area contributed by atoms with Crippen LogP contribution >= 0.6 is 0 Å². The minimum Gasteiger partial charge on any atom is -0.409 e. The maximum absolute atomic E-state index is 13.7. The van der Waals surface area contributed by atoms with Crippen molar-refractivity contribution in [3.63, 3.8) is 0 Å². The number of nitrogens with zero attached hydrogens (tertiary/aromatic N) is 1. The van der Waals surface area contributed by atoms with Gasteiger partial charge in [0.05, 0.1) is 0 Å². The Kier molecular flexibility index (Phi) is 6.45. The van der Waals surface area contributed by atoms with Crippen LogP contribution in [0.25, 0.3) is 0 Å². The molecule has 0 aliphatic carbocycles. The molecule has 1 aromatic carbocycles. The second-order valence-corrected chi connectivity index (χ2v) is 4.12. The topological polar surface area (TPSA) is 96.9 Å². The standard InChI is InChI=1S/C13H18FN3O3/c1-2-5-20-8-12(18)16-7-10-4-3-9(6-11(10)14)13(15)17-19/h3-4,6,19H,2,5,7-8H2,1H3,(H2,15,17)(H,16,18). The molecule has 0 heterocycles. The molecular formula is C13H18FN3O3. The van der Waals surface area contributed by atoms with Crippen LogP contribution in [0.5, 0.6) is 0 Å².